The number of ether oxygens (including phenoxy) is 2. The fourth-order valence-corrected chi connectivity index (χ4v) is 15.0. The summed E-state index contributed by atoms with van der Waals surface area (Å²) in [5, 5.41) is 12.7. The van der Waals surface area contributed by atoms with Gasteiger partial charge in [-0.05, 0) is 156 Å². The van der Waals surface area contributed by atoms with E-state index in [0.29, 0.717) is 42.1 Å². The zero-order valence-electron chi connectivity index (χ0n) is 37.9. The lowest BCUT2D eigenvalue weighted by Gasteiger charge is -2.61. The van der Waals surface area contributed by atoms with Crippen LogP contribution >= 0.6 is 11.8 Å². The molecule has 2 aliphatic heterocycles. The molecule has 0 radical (unpaired) electrons. The molecule has 0 aromatic heterocycles. The van der Waals surface area contributed by atoms with Crippen LogP contribution in [0.15, 0.2) is 0 Å². The molecule has 2 unspecified atom stereocenters. The minimum Gasteiger partial charge on any atom is -0.375 e. The van der Waals surface area contributed by atoms with Crippen molar-refractivity contribution in [1.82, 2.24) is 21.3 Å². The van der Waals surface area contributed by atoms with Gasteiger partial charge in [0, 0.05) is 36.6 Å². The van der Waals surface area contributed by atoms with E-state index in [0.717, 1.165) is 85.7 Å². The van der Waals surface area contributed by atoms with Crippen LogP contribution in [0, 0.1) is 52.3 Å². The van der Waals surface area contributed by atoms with E-state index < -0.39 is 0 Å². The average molecular weight is 829 g/mol. The van der Waals surface area contributed by atoms with Crippen LogP contribution in [-0.2, 0) is 19.1 Å². The lowest BCUT2D eigenvalue weighted by atomic mass is 9.44. The fraction of sp³-hybridized carbons (Fsp3) is 0.938. The molecule has 0 aromatic carbocycles. The molecule has 6 aliphatic rings. The lowest BCUT2D eigenvalue weighted by Crippen LogP contribution is -2.54. The standard InChI is InChI=1S/C48H84N4O5S/c1-31(2)12-11-13-32(3)37-18-19-38-36-17-16-34-28-35(20-23-47(34,7)39(36)21-24-48(37,38)8)56-29-43(54)49-26-25-46(5,6)57-27-22-33(4)50-42(53)15-10-9-14-41-44-40(30-58-41)51-45(55)52-44/h31-41,44H,9-30H2,1-8H3,(H,49,54)(H,50,53)(H2,51,52,55)/t32-,33?,34?,35+,36+,37-,38+,39+,40+,41+,44+,47+,48-/m1/s1. The third-order valence-electron chi connectivity index (χ3n) is 16.8. The summed E-state index contributed by atoms with van der Waals surface area (Å²) >= 11 is 1.92. The van der Waals surface area contributed by atoms with Gasteiger partial charge in [0.05, 0.1) is 23.8 Å². The van der Waals surface area contributed by atoms with Crippen LogP contribution in [0.3, 0.4) is 0 Å². The highest BCUT2D eigenvalue weighted by Crippen LogP contribution is 2.68. The smallest absolute Gasteiger partial charge is 0.315 e. The van der Waals surface area contributed by atoms with Crippen LogP contribution in [-0.4, -0.2) is 78.4 Å². The van der Waals surface area contributed by atoms with Gasteiger partial charge >= 0.3 is 6.03 Å². The highest BCUT2D eigenvalue weighted by Gasteiger charge is 2.60. The molecule has 2 heterocycles. The monoisotopic (exact) mass is 829 g/mol. The van der Waals surface area contributed by atoms with Crippen molar-refractivity contribution in [2.45, 2.75) is 206 Å². The molecule has 9 nitrogen and oxygen atoms in total. The van der Waals surface area contributed by atoms with Gasteiger partial charge in [-0.15, -0.1) is 0 Å². The van der Waals surface area contributed by atoms with E-state index in [1.165, 1.54) is 64.2 Å². The number of fused-ring (bicyclic) bond motifs is 6. The normalized spacial score (nSPS) is 36.6. The van der Waals surface area contributed by atoms with E-state index in [1.807, 2.05) is 18.7 Å². The maximum Gasteiger partial charge on any atom is 0.315 e. The summed E-state index contributed by atoms with van der Waals surface area (Å²) in [5.74, 6) is 7.04. The molecule has 0 bridgehead atoms. The Morgan fingerprint density at radius 1 is 0.897 bits per heavy atom. The fourth-order valence-electron chi connectivity index (χ4n) is 13.4. The number of carbonyl (C=O) groups excluding carboxylic acids is 3. The van der Waals surface area contributed by atoms with E-state index in [4.69, 9.17) is 9.47 Å². The Labute approximate surface area is 357 Å². The predicted octanol–water partition coefficient (Wildman–Crippen LogP) is 9.41. The quantitative estimate of drug-likeness (QED) is 0.0677. The molecule has 0 aromatic rings. The van der Waals surface area contributed by atoms with Crippen LogP contribution in [0.2, 0.25) is 0 Å². The van der Waals surface area contributed by atoms with E-state index in [1.54, 1.807) is 0 Å². The number of carbonyl (C=O) groups is 3. The number of rotatable bonds is 21. The molecule has 332 valence electrons. The summed E-state index contributed by atoms with van der Waals surface area (Å²) < 4.78 is 12.5. The van der Waals surface area contributed by atoms with Crippen LogP contribution in [0.1, 0.15) is 171 Å². The number of thioether (sulfide) groups is 1. The highest BCUT2D eigenvalue weighted by atomic mass is 32.2. The van der Waals surface area contributed by atoms with Gasteiger partial charge in [0.1, 0.15) is 6.61 Å². The van der Waals surface area contributed by atoms with Gasteiger partial charge < -0.3 is 30.7 Å². The second-order valence-electron chi connectivity index (χ2n) is 21.7. The minimum atomic E-state index is -0.377. The molecule has 4 N–H and O–H groups in total. The zero-order valence-corrected chi connectivity index (χ0v) is 38.8. The number of nitrogens with one attached hydrogen (secondary N) is 4. The Hall–Kier alpha value is -1.52. The SMILES string of the molecule is CC(C)CCC[C@@H](C)[C@H]1CC[C@H]2[C@@H]3CCC4C[C@@H](OCC(=O)NCCC(C)(C)OCCC(C)NC(=O)CCCC[C@@H]5SC[C@@H]6NC(=O)N[C@@H]65)CC[C@]4(C)[C@H]3CC[C@]12C. The maximum atomic E-state index is 12.9. The number of unbranched alkanes of at least 4 members (excludes halogenated alkanes) is 1. The van der Waals surface area contributed by atoms with Gasteiger partial charge in [-0.2, -0.15) is 11.8 Å². The molecule has 13 atom stereocenters. The Kier molecular flexibility index (Phi) is 16.0. The molecule has 4 aliphatic carbocycles. The molecule has 4 amide bonds. The van der Waals surface area contributed by atoms with Gasteiger partial charge in [0.25, 0.3) is 0 Å². The average Bonchev–Trinajstić information content (AvgIpc) is 3.83. The van der Waals surface area contributed by atoms with Gasteiger partial charge in [-0.3, -0.25) is 9.59 Å². The molecule has 6 fully saturated rings. The van der Waals surface area contributed by atoms with Crippen molar-refractivity contribution in [1.29, 1.82) is 0 Å². The van der Waals surface area contributed by atoms with Gasteiger partial charge in [0.2, 0.25) is 11.8 Å². The van der Waals surface area contributed by atoms with E-state index in [9.17, 15) is 14.4 Å². The Morgan fingerprint density at radius 3 is 2.47 bits per heavy atom. The first-order valence-corrected chi connectivity index (χ1v) is 25.1. The first kappa shape index (κ1) is 46.0. The summed E-state index contributed by atoms with van der Waals surface area (Å²) in [5.41, 5.74) is 0.597. The first-order valence-electron chi connectivity index (χ1n) is 24.1. The van der Waals surface area contributed by atoms with Crippen LogP contribution in [0.4, 0.5) is 4.79 Å². The highest BCUT2D eigenvalue weighted by molar-refractivity contribution is 8.00. The number of hydrogen-bond donors (Lipinski definition) is 4. The molecule has 0 spiro atoms. The Bertz CT molecular complexity index is 1380. The Morgan fingerprint density at radius 2 is 1.67 bits per heavy atom. The molecule has 58 heavy (non-hydrogen) atoms. The number of amides is 4. The zero-order chi connectivity index (χ0) is 41.7. The molecule has 6 rings (SSSR count). The van der Waals surface area contributed by atoms with Crippen molar-refractivity contribution >= 4 is 29.6 Å². The second kappa shape index (κ2) is 20.1. The van der Waals surface area contributed by atoms with Crippen LogP contribution in [0.5, 0.6) is 0 Å². The van der Waals surface area contributed by atoms with Crippen molar-refractivity contribution in [3.05, 3.63) is 0 Å². The predicted molar refractivity (Wildman–Crippen MR) is 237 cm³/mol. The summed E-state index contributed by atoms with van der Waals surface area (Å²) in [6, 6.07) is 0.460. The van der Waals surface area contributed by atoms with Gasteiger partial charge in [-0.25, -0.2) is 4.79 Å². The Balaban J connectivity index is 0.818. The lowest BCUT2D eigenvalue weighted by molar-refractivity contribution is -0.144. The van der Waals surface area contributed by atoms with Crippen LogP contribution < -0.4 is 21.3 Å². The number of hydrogen-bond acceptors (Lipinski definition) is 6. The van der Waals surface area contributed by atoms with Crippen molar-refractivity contribution in [3.63, 3.8) is 0 Å². The molecule has 4 saturated carbocycles. The third-order valence-corrected chi connectivity index (χ3v) is 18.4. The maximum absolute atomic E-state index is 12.9. The van der Waals surface area contributed by atoms with E-state index in [2.05, 4.69) is 69.7 Å². The van der Waals surface area contributed by atoms with Crippen LogP contribution in [0.25, 0.3) is 0 Å². The summed E-state index contributed by atoms with van der Waals surface area (Å²) in [6.07, 6.45) is 21.2. The largest absolute Gasteiger partial charge is 0.375 e. The molecular weight excluding hydrogens is 745 g/mol. The van der Waals surface area contributed by atoms with Crippen molar-refractivity contribution in [2.24, 2.45) is 52.3 Å². The molecular formula is C48H84N4O5S. The summed E-state index contributed by atoms with van der Waals surface area (Å²) in [7, 11) is 0. The second-order valence-corrected chi connectivity index (χ2v) is 23.0. The molecule has 10 heteroatoms. The van der Waals surface area contributed by atoms with Crippen molar-refractivity contribution in [2.75, 3.05) is 25.5 Å². The topological polar surface area (TPSA) is 118 Å². The summed E-state index contributed by atoms with van der Waals surface area (Å²) in [4.78, 5) is 37.0. The summed E-state index contributed by atoms with van der Waals surface area (Å²) in [6.45, 7) is 20.1. The van der Waals surface area contributed by atoms with E-state index >= 15 is 0 Å². The third kappa shape index (κ3) is 11.3. The van der Waals surface area contributed by atoms with Crippen molar-refractivity contribution in [3.8, 4) is 0 Å². The minimum absolute atomic E-state index is 0.0292. The first-order chi connectivity index (χ1) is 27.6. The van der Waals surface area contributed by atoms with Crippen molar-refractivity contribution < 1.29 is 23.9 Å². The van der Waals surface area contributed by atoms with Gasteiger partial charge in [0.15, 0.2) is 0 Å². The van der Waals surface area contributed by atoms with E-state index in [-0.39, 0.29) is 54.3 Å². The number of urea groups is 1. The molecule has 2 saturated heterocycles. The van der Waals surface area contributed by atoms with Gasteiger partial charge in [-0.1, -0.05) is 60.3 Å².